The van der Waals surface area contributed by atoms with Gasteiger partial charge in [0.05, 0.1) is 15.6 Å². The molecule has 0 aliphatic carbocycles. The highest BCUT2D eigenvalue weighted by atomic mass is 35.5. The molecule has 1 N–H and O–H groups in total. The molecule has 3 rings (SSSR count). The van der Waals surface area contributed by atoms with Crippen molar-refractivity contribution in [3.8, 4) is 11.3 Å². The number of carbonyl (C=O) groups excluding carboxylic acids is 1. The lowest BCUT2D eigenvalue weighted by Crippen LogP contribution is -2.53. The van der Waals surface area contributed by atoms with Gasteiger partial charge in [-0.3, -0.25) is 9.78 Å². The van der Waals surface area contributed by atoms with Gasteiger partial charge in [0.15, 0.2) is 15.5 Å². The molecule has 35 heavy (non-hydrogen) atoms. The number of hydrogen-bond donors (Lipinski definition) is 1. The molecular weight excluding hydrogens is 516 g/mol. The summed E-state index contributed by atoms with van der Waals surface area (Å²) in [5, 5.41) is 3.59. The van der Waals surface area contributed by atoms with Gasteiger partial charge in [-0.25, -0.2) is 21.2 Å². The van der Waals surface area contributed by atoms with Gasteiger partial charge in [0, 0.05) is 55.4 Å². The van der Waals surface area contributed by atoms with Crippen molar-refractivity contribution in [1.82, 2.24) is 14.6 Å². The molecular formula is C22H24BClFN3O5S2. The molecule has 1 aromatic heterocycles. The summed E-state index contributed by atoms with van der Waals surface area (Å²) in [6.45, 7) is 1.03. The topological polar surface area (TPSA) is 114 Å². The van der Waals surface area contributed by atoms with Crippen LogP contribution >= 0.6 is 11.6 Å². The molecule has 1 amide bonds. The summed E-state index contributed by atoms with van der Waals surface area (Å²) < 4.78 is 65.9. The number of sulfonamides is 1. The first-order valence-electron chi connectivity index (χ1n) is 10.6. The van der Waals surface area contributed by atoms with Crippen LogP contribution < -0.4 is 10.8 Å². The van der Waals surface area contributed by atoms with Crippen LogP contribution in [0.5, 0.6) is 0 Å². The predicted molar refractivity (Wildman–Crippen MR) is 133 cm³/mol. The van der Waals surface area contributed by atoms with Crippen molar-refractivity contribution >= 4 is 50.7 Å². The zero-order valence-electron chi connectivity index (χ0n) is 19.1. The number of nitrogens with zero attached hydrogens (tertiary/aromatic N) is 2. The van der Waals surface area contributed by atoms with Gasteiger partial charge in [0.2, 0.25) is 10.0 Å². The van der Waals surface area contributed by atoms with E-state index in [1.165, 1.54) is 37.4 Å². The number of hydrogen-bond acceptors (Lipinski definition) is 6. The number of pyridine rings is 1. The second-order valence-corrected chi connectivity index (χ2v) is 12.6. The average molecular weight is 540 g/mol. The van der Waals surface area contributed by atoms with E-state index in [0.29, 0.717) is 5.46 Å². The molecule has 186 valence electrons. The number of benzene rings is 1. The van der Waals surface area contributed by atoms with E-state index in [0.717, 1.165) is 16.0 Å². The number of amides is 1. The summed E-state index contributed by atoms with van der Waals surface area (Å²) in [5.41, 5.74) is -1.52. The van der Waals surface area contributed by atoms with E-state index in [-0.39, 0.29) is 47.1 Å². The van der Waals surface area contributed by atoms with Gasteiger partial charge in [-0.15, -0.1) is 0 Å². The molecule has 2 radical (unpaired) electrons. The number of piperidine rings is 1. The SMILES string of the molecule is [B]c1ccc(S(=O)(=O)N2CCC(F)(C(=O)N[C@H](C)/C=C\S(C)(=O)=O)CC2)c(-c2ncccc2Cl)c1. The van der Waals surface area contributed by atoms with Crippen molar-refractivity contribution in [3.63, 3.8) is 0 Å². The molecule has 1 atom stereocenters. The largest absolute Gasteiger partial charge is 0.347 e. The van der Waals surface area contributed by atoms with Gasteiger partial charge >= 0.3 is 0 Å². The zero-order chi connectivity index (χ0) is 26.0. The summed E-state index contributed by atoms with van der Waals surface area (Å²) in [4.78, 5) is 16.6. The molecule has 13 heteroatoms. The molecule has 1 aromatic carbocycles. The summed E-state index contributed by atoms with van der Waals surface area (Å²) in [6.07, 6.45) is 2.98. The van der Waals surface area contributed by atoms with Crippen LogP contribution in [0.2, 0.25) is 5.02 Å². The highest BCUT2D eigenvalue weighted by Gasteiger charge is 2.45. The Bertz CT molecular complexity index is 1360. The Labute approximate surface area is 211 Å². The average Bonchev–Trinajstić information content (AvgIpc) is 2.77. The lowest BCUT2D eigenvalue weighted by molar-refractivity contribution is -0.135. The first kappa shape index (κ1) is 27.3. The highest BCUT2D eigenvalue weighted by molar-refractivity contribution is 7.93. The van der Waals surface area contributed by atoms with Crippen LogP contribution in [0.3, 0.4) is 0 Å². The summed E-state index contributed by atoms with van der Waals surface area (Å²) >= 11 is 6.24. The molecule has 1 aliphatic rings. The molecule has 8 nitrogen and oxygen atoms in total. The Morgan fingerprint density at radius 1 is 1.26 bits per heavy atom. The second-order valence-electron chi connectivity index (χ2n) is 8.38. The van der Waals surface area contributed by atoms with E-state index in [1.807, 2.05) is 0 Å². The Hall–Kier alpha value is -2.28. The molecule has 2 heterocycles. The summed E-state index contributed by atoms with van der Waals surface area (Å²) in [6, 6.07) is 6.71. The monoisotopic (exact) mass is 539 g/mol. The Kier molecular flexibility index (Phi) is 8.10. The lowest BCUT2D eigenvalue weighted by atomic mass is 9.93. The van der Waals surface area contributed by atoms with E-state index < -0.39 is 37.5 Å². The quantitative estimate of drug-likeness (QED) is 0.537. The Balaban J connectivity index is 1.79. The van der Waals surface area contributed by atoms with Gasteiger partial charge in [0.1, 0.15) is 7.85 Å². The van der Waals surface area contributed by atoms with Crippen LogP contribution in [-0.4, -0.2) is 70.9 Å². The van der Waals surface area contributed by atoms with Crippen molar-refractivity contribution in [1.29, 1.82) is 0 Å². The smallest absolute Gasteiger partial charge is 0.258 e. The number of alkyl halides is 1. The van der Waals surface area contributed by atoms with Crippen molar-refractivity contribution < 1.29 is 26.0 Å². The van der Waals surface area contributed by atoms with Crippen LogP contribution in [0, 0.1) is 0 Å². The lowest BCUT2D eigenvalue weighted by Gasteiger charge is -2.35. The number of sulfone groups is 1. The fourth-order valence-electron chi connectivity index (χ4n) is 3.63. The number of aromatic nitrogens is 1. The predicted octanol–water partition coefficient (Wildman–Crippen LogP) is 1.75. The van der Waals surface area contributed by atoms with Gasteiger partial charge in [-0.05, 0) is 25.1 Å². The number of rotatable bonds is 7. The maximum Gasteiger partial charge on any atom is 0.258 e. The second kappa shape index (κ2) is 10.4. The number of carbonyl (C=O) groups is 1. The van der Waals surface area contributed by atoms with E-state index >= 15 is 4.39 Å². The number of halogens is 2. The first-order valence-corrected chi connectivity index (χ1v) is 14.4. The third-order valence-electron chi connectivity index (χ3n) is 5.53. The Morgan fingerprint density at radius 2 is 1.91 bits per heavy atom. The normalized spacial score (nSPS) is 17.8. The molecule has 0 saturated carbocycles. The third kappa shape index (κ3) is 6.49. The molecule has 0 bridgehead atoms. The van der Waals surface area contributed by atoms with Crippen LogP contribution in [0.25, 0.3) is 11.3 Å². The van der Waals surface area contributed by atoms with Gasteiger partial charge in [0.25, 0.3) is 5.91 Å². The molecule has 2 aromatic rings. The first-order chi connectivity index (χ1) is 16.2. The molecule has 0 spiro atoms. The van der Waals surface area contributed by atoms with Gasteiger partial charge in [-0.1, -0.05) is 35.3 Å². The van der Waals surface area contributed by atoms with Gasteiger partial charge < -0.3 is 5.32 Å². The summed E-state index contributed by atoms with van der Waals surface area (Å²) in [5.74, 6) is -0.923. The number of nitrogens with one attached hydrogen (secondary N) is 1. The maximum atomic E-state index is 15.4. The molecule has 1 saturated heterocycles. The van der Waals surface area contributed by atoms with Crippen LogP contribution in [0.1, 0.15) is 19.8 Å². The van der Waals surface area contributed by atoms with Crippen molar-refractivity contribution in [2.45, 2.75) is 36.4 Å². The van der Waals surface area contributed by atoms with E-state index in [1.54, 1.807) is 12.1 Å². The van der Waals surface area contributed by atoms with E-state index in [9.17, 15) is 21.6 Å². The third-order valence-corrected chi connectivity index (χ3v) is 8.44. The van der Waals surface area contributed by atoms with Crippen LogP contribution in [0.15, 0.2) is 52.9 Å². The van der Waals surface area contributed by atoms with Crippen molar-refractivity contribution in [3.05, 3.63) is 53.0 Å². The highest BCUT2D eigenvalue weighted by Crippen LogP contribution is 2.35. The van der Waals surface area contributed by atoms with E-state index in [4.69, 9.17) is 19.4 Å². The fourth-order valence-corrected chi connectivity index (χ4v) is 5.99. The zero-order valence-corrected chi connectivity index (χ0v) is 21.5. The van der Waals surface area contributed by atoms with E-state index in [2.05, 4.69) is 10.3 Å². The standard InChI is InChI=1S/C22H24BClFN3O5S2/c1-15(7-13-34(2,30)31)27-21(29)22(25)8-11-28(12-9-22)35(32,33)19-6-5-16(23)14-17(19)20-18(24)4-3-10-26-20/h3-7,10,13-15H,8-9,11-12H2,1-2H3,(H,27,29)/b13-7-/t15-/m1/s1. The molecule has 1 aliphatic heterocycles. The van der Waals surface area contributed by atoms with Crippen molar-refractivity contribution in [2.75, 3.05) is 19.3 Å². The van der Waals surface area contributed by atoms with Crippen LogP contribution in [0.4, 0.5) is 4.39 Å². The maximum absolute atomic E-state index is 15.4. The minimum Gasteiger partial charge on any atom is -0.347 e. The molecule has 1 fully saturated rings. The molecule has 0 unspecified atom stereocenters. The summed E-state index contributed by atoms with van der Waals surface area (Å²) in [7, 11) is -1.61. The van der Waals surface area contributed by atoms with Crippen LogP contribution in [-0.2, 0) is 24.7 Å². The van der Waals surface area contributed by atoms with Gasteiger partial charge in [-0.2, -0.15) is 4.31 Å². The Morgan fingerprint density at radius 3 is 2.51 bits per heavy atom. The van der Waals surface area contributed by atoms with Crippen molar-refractivity contribution in [2.24, 2.45) is 0 Å². The fraction of sp³-hybridized carbons (Fsp3) is 0.364. The minimum absolute atomic E-state index is 0.0809. The minimum atomic E-state index is -4.10.